The molecule has 0 unspecified atom stereocenters. The number of hydrogen-bond donors (Lipinski definition) is 3. The van der Waals surface area contributed by atoms with Crippen LogP contribution < -0.4 is 25.4 Å². The lowest BCUT2D eigenvalue weighted by atomic mass is 9.78. The summed E-state index contributed by atoms with van der Waals surface area (Å²) in [5.74, 6) is 1.21. The largest absolute Gasteiger partial charge is 0.486 e. The van der Waals surface area contributed by atoms with E-state index < -0.39 is 10.8 Å². The summed E-state index contributed by atoms with van der Waals surface area (Å²) in [6.45, 7) is 5.35. The highest BCUT2D eigenvalue weighted by Crippen LogP contribution is 2.33. The molecule has 1 aliphatic heterocycles. The van der Waals surface area contributed by atoms with Gasteiger partial charge in [0.1, 0.15) is 13.2 Å². The molecule has 2 aliphatic rings. The average Bonchev–Trinajstić information content (AvgIpc) is 2.85. The van der Waals surface area contributed by atoms with Crippen LogP contribution in [0, 0.1) is 22.0 Å². The van der Waals surface area contributed by atoms with E-state index in [1.54, 1.807) is 18.2 Å². The molecule has 0 saturated heterocycles. The third-order valence-corrected chi connectivity index (χ3v) is 6.76. The first-order valence-electron chi connectivity index (χ1n) is 11.8. The fourth-order valence-corrected chi connectivity index (χ4v) is 4.55. The van der Waals surface area contributed by atoms with Gasteiger partial charge in [0.05, 0.1) is 22.7 Å². The second-order valence-electron chi connectivity index (χ2n) is 9.10. The number of benzene rings is 2. The summed E-state index contributed by atoms with van der Waals surface area (Å²) < 4.78 is 11.0. The van der Waals surface area contributed by atoms with Crippen molar-refractivity contribution in [1.82, 2.24) is 5.32 Å². The number of ether oxygens (including phenoxy) is 2. The standard InChI is InChI=1S/C25H30N4O6/c1-15-4-3-5-20(16(15)2)26-14-24(30)28-21-8-7-18(29(32)33)13-19(21)25(31)27-17-6-9-22-23(12-17)35-11-10-34-22/h6-9,12-13,15-16,20,26H,3-5,10-11,14H2,1-2H3,(H,27,31)(H,28,30)/t15-,16+,20+/m1/s1. The molecule has 0 aromatic heterocycles. The summed E-state index contributed by atoms with van der Waals surface area (Å²) >= 11 is 0. The molecule has 2 aromatic rings. The summed E-state index contributed by atoms with van der Waals surface area (Å²) in [4.78, 5) is 36.5. The minimum atomic E-state index is -0.594. The summed E-state index contributed by atoms with van der Waals surface area (Å²) in [5, 5.41) is 20.1. The van der Waals surface area contributed by atoms with E-state index in [1.165, 1.54) is 18.6 Å². The van der Waals surface area contributed by atoms with Crippen LogP contribution in [-0.2, 0) is 4.79 Å². The summed E-state index contributed by atoms with van der Waals surface area (Å²) in [6.07, 6.45) is 3.33. The van der Waals surface area contributed by atoms with Crippen LogP contribution in [0.2, 0.25) is 0 Å². The van der Waals surface area contributed by atoms with Crippen LogP contribution in [0.1, 0.15) is 43.5 Å². The van der Waals surface area contributed by atoms with Gasteiger partial charge < -0.3 is 25.4 Å². The van der Waals surface area contributed by atoms with Gasteiger partial charge >= 0.3 is 0 Å². The van der Waals surface area contributed by atoms with Crippen LogP contribution in [0.3, 0.4) is 0 Å². The highest BCUT2D eigenvalue weighted by molar-refractivity contribution is 6.10. The molecule has 35 heavy (non-hydrogen) atoms. The molecule has 1 aliphatic carbocycles. The molecule has 4 rings (SSSR count). The Labute approximate surface area is 203 Å². The minimum absolute atomic E-state index is 0.0119. The predicted octanol–water partition coefficient (Wildman–Crippen LogP) is 3.97. The van der Waals surface area contributed by atoms with Gasteiger partial charge in [-0.05, 0) is 36.5 Å². The van der Waals surface area contributed by atoms with Crippen LogP contribution in [0.4, 0.5) is 17.1 Å². The molecule has 0 bridgehead atoms. The number of amides is 2. The van der Waals surface area contributed by atoms with Crippen molar-refractivity contribution in [3.05, 3.63) is 52.1 Å². The van der Waals surface area contributed by atoms with E-state index in [2.05, 4.69) is 29.8 Å². The first-order chi connectivity index (χ1) is 16.8. The number of hydrogen-bond acceptors (Lipinski definition) is 7. The number of anilines is 2. The first kappa shape index (κ1) is 24.5. The van der Waals surface area contributed by atoms with Crippen LogP contribution in [0.15, 0.2) is 36.4 Å². The van der Waals surface area contributed by atoms with Crippen LogP contribution in [-0.4, -0.2) is 42.5 Å². The van der Waals surface area contributed by atoms with Gasteiger partial charge in [-0.2, -0.15) is 0 Å². The lowest BCUT2D eigenvalue weighted by Crippen LogP contribution is -2.43. The first-order valence-corrected chi connectivity index (χ1v) is 11.8. The van der Waals surface area contributed by atoms with Crippen molar-refractivity contribution in [2.24, 2.45) is 11.8 Å². The Morgan fingerprint density at radius 2 is 1.80 bits per heavy atom. The molecule has 2 aromatic carbocycles. The van der Waals surface area contributed by atoms with Crippen LogP contribution in [0.25, 0.3) is 0 Å². The van der Waals surface area contributed by atoms with Crippen molar-refractivity contribution in [1.29, 1.82) is 0 Å². The zero-order valence-electron chi connectivity index (χ0n) is 19.8. The van der Waals surface area contributed by atoms with E-state index in [1.807, 2.05) is 0 Å². The zero-order valence-corrected chi connectivity index (χ0v) is 19.8. The molecule has 10 heteroatoms. The van der Waals surface area contributed by atoms with Crippen molar-refractivity contribution >= 4 is 28.9 Å². The Bertz CT molecular complexity index is 1120. The quantitative estimate of drug-likeness (QED) is 0.402. The van der Waals surface area contributed by atoms with E-state index in [-0.39, 0.29) is 35.4 Å². The highest BCUT2D eigenvalue weighted by Gasteiger charge is 2.27. The van der Waals surface area contributed by atoms with E-state index in [0.717, 1.165) is 18.9 Å². The second-order valence-corrected chi connectivity index (χ2v) is 9.10. The van der Waals surface area contributed by atoms with Gasteiger partial charge in [0, 0.05) is 29.9 Å². The molecule has 1 fully saturated rings. The number of nitrogens with one attached hydrogen (secondary N) is 3. The highest BCUT2D eigenvalue weighted by atomic mass is 16.6. The molecule has 3 N–H and O–H groups in total. The van der Waals surface area contributed by atoms with Crippen molar-refractivity contribution < 1.29 is 24.0 Å². The zero-order chi connectivity index (χ0) is 24.9. The van der Waals surface area contributed by atoms with Gasteiger partial charge in [0.2, 0.25) is 5.91 Å². The van der Waals surface area contributed by atoms with Crippen molar-refractivity contribution in [2.75, 3.05) is 30.4 Å². The lowest BCUT2D eigenvalue weighted by molar-refractivity contribution is -0.384. The fraction of sp³-hybridized carbons (Fsp3) is 0.440. The molecule has 0 spiro atoms. The van der Waals surface area contributed by atoms with Crippen molar-refractivity contribution in [3.8, 4) is 11.5 Å². The number of rotatable bonds is 7. The Kier molecular flexibility index (Phi) is 7.50. The van der Waals surface area contributed by atoms with Gasteiger partial charge in [0.25, 0.3) is 11.6 Å². The molecular weight excluding hydrogens is 452 g/mol. The van der Waals surface area contributed by atoms with Gasteiger partial charge in [0.15, 0.2) is 11.5 Å². The topological polar surface area (TPSA) is 132 Å². The molecule has 0 radical (unpaired) electrons. The number of carbonyl (C=O) groups is 2. The minimum Gasteiger partial charge on any atom is -0.486 e. The second kappa shape index (κ2) is 10.7. The Hall–Kier alpha value is -3.66. The fourth-order valence-electron chi connectivity index (χ4n) is 4.55. The van der Waals surface area contributed by atoms with E-state index in [0.29, 0.717) is 42.2 Å². The van der Waals surface area contributed by atoms with E-state index in [4.69, 9.17) is 9.47 Å². The van der Waals surface area contributed by atoms with Crippen LogP contribution in [0.5, 0.6) is 11.5 Å². The summed E-state index contributed by atoms with van der Waals surface area (Å²) in [7, 11) is 0. The van der Waals surface area contributed by atoms with Crippen molar-refractivity contribution in [3.63, 3.8) is 0 Å². The maximum absolute atomic E-state index is 13.1. The number of carbonyl (C=O) groups excluding carboxylic acids is 2. The van der Waals surface area contributed by atoms with Gasteiger partial charge in [-0.15, -0.1) is 0 Å². The smallest absolute Gasteiger partial charge is 0.270 e. The summed E-state index contributed by atoms with van der Waals surface area (Å²) in [5.41, 5.74) is 0.369. The lowest BCUT2D eigenvalue weighted by Gasteiger charge is -2.34. The van der Waals surface area contributed by atoms with Gasteiger partial charge in [-0.1, -0.05) is 26.7 Å². The molecule has 1 heterocycles. The number of nitro groups is 1. The maximum atomic E-state index is 13.1. The number of non-ortho nitro benzene ring substituents is 1. The Morgan fingerprint density at radius 1 is 1.03 bits per heavy atom. The van der Waals surface area contributed by atoms with Crippen molar-refractivity contribution in [2.45, 2.75) is 39.2 Å². The third-order valence-electron chi connectivity index (χ3n) is 6.76. The number of nitrogens with zero attached hydrogens (tertiary/aromatic N) is 1. The predicted molar refractivity (Wildman–Crippen MR) is 131 cm³/mol. The number of nitro benzene ring substituents is 1. The molecule has 3 atom stereocenters. The molecule has 10 nitrogen and oxygen atoms in total. The Morgan fingerprint density at radius 3 is 2.57 bits per heavy atom. The molecule has 186 valence electrons. The molecular formula is C25H30N4O6. The normalized spacial score (nSPS) is 21.1. The van der Waals surface area contributed by atoms with Crippen LogP contribution >= 0.6 is 0 Å². The molecule has 1 saturated carbocycles. The molecule has 2 amide bonds. The average molecular weight is 483 g/mol. The SMILES string of the molecule is C[C@H]1[C@H](C)CCC[C@@H]1NCC(=O)Nc1ccc([N+](=O)[O-])cc1C(=O)Nc1ccc2c(c1)OCCO2. The Balaban J connectivity index is 1.47. The third kappa shape index (κ3) is 5.89. The van der Waals surface area contributed by atoms with E-state index in [9.17, 15) is 19.7 Å². The van der Waals surface area contributed by atoms with Gasteiger partial charge in [-0.25, -0.2) is 0 Å². The van der Waals surface area contributed by atoms with E-state index >= 15 is 0 Å². The summed E-state index contributed by atoms with van der Waals surface area (Å²) in [6, 6.07) is 8.99. The number of fused-ring (bicyclic) bond motifs is 1. The monoisotopic (exact) mass is 482 g/mol. The van der Waals surface area contributed by atoms with Gasteiger partial charge in [-0.3, -0.25) is 19.7 Å². The maximum Gasteiger partial charge on any atom is 0.270 e.